The predicted octanol–water partition coefficient (Wildman–Crippen LogP) is -0.355. The lowest BCUT2D eigenvalue weighted by Gasteiger charge is -2.27. The highest BCUT2D eigenvalue weighted by Crippen LogP contribution is 2.21. The zero-order chi connectivity index (χ0) is 10.1. The first-order valence-corrected chi connectivity index (χ1v) is 5.08. The zero-order valence-corrected chi connectivity index (χ0v) is 7.37. The molecule has 0 saturated carbocycles. The average Bonchev–Trinajstić information content (AvgIpc) is 1.80. The maximum atomic E-state index is 11.7. The van der Waals surface area contributed by atoms with E-state index < -0.39 is 15.5 Å². The van der Waals surface area contributed by atoms with Crippen LogP contribution in [0, 0.1) is 5.92 Å². The molecule has 78 valence electrons. The first-order chi connectivity index (χ1) is 5.83. The Morgan fingerprint density at radius 2 is 1.92 bits per heavy atom. The number of hydrogen-bond donors (Lipinski definition) is 2. The quantitative estimate of drug-likeness (QED) is 0.680. The molecular weight excluding hydrogens is 209 g/mol. The standard InChI is InChI=1S/C5H9F3N2O2S/c6-5(7,8)13(11,12)10-3-4-1-9-2-4/h4,9-10H,1-3H2. The zero-order valence-electron chi connectivity index (χ0n) is 6.56. The Hall–Kier alpha value is -0.340. The van der Waals surface area contributed by atoms with Gasteiger partial charge in [0.25, 0.3) is 0 Å². The second-order valence-electron chi connectivity index (χ2n) is 2.82. The van der Waals surface area contributed by atoms with Crippen LogP contribution in [0.3, 0.4) is 0 Å². The minimum Gasteiger partial charge on any atom is -0.316 e. The van der Waals surface area contributed by atoms with Crippen molar-refractivity contribution in [3.8, 4) is 0 Å². The van der Waals surface area contributed by atoms with Crippen molar-refractivity contribution in [3.63, 3.8) is 0 Å². The number of alkyl halides is 3. The molecule has 8 heteroatoms. The number of nitrogens with one attached hydrogen (secondary N) is 2. The van der Waals surface area contributed by atoms with Crippen molar-refractivity contribution in [2.24, 2.45) is 5.92 Å². The Morgan fingerprint density at radius 3 is 2.23 bits per heavy atom. The first-order valence-electron chi connectivity index (χ1n) is 3.59. The third kappa shape index (κ3) is 2.55. The van der Waals surface area contributed by atoms with Crippen LogP contribution >= 0.6 is 0 Å². The summed E-state index contributed by atoms with van der Waals surface area (Å²) in [5.41, 5.74) is -5.20. The number of rotatable bonds is 3. The van der Waals surface area contributed by atoms with Crippen LogP contribution in [0.4, 0.5) is 13.2 Å². The fourth-order valence-electron chi connectivity index (χ4n) is 0.802. The lowest BCUT2D eigenvalue weighted by Crippen LogP contribution is -2.49. The van der Waals surface area contributed by atoms with E-state index in [0.717, 1.165) is 0 Å². The fourth-order valence-corrected chi connectivity index (χ4v) is 1.42. The highest BCUT2D eigenvalue weighted by Gasteiger charge is 2.45. The van der Waals surface area contributed by atoms with Gasteiger partial charge in [0.1, 0.15) is 0 Å². The molecule has 0 unspecified atom stereocenters. The molecule has 0 radical (unpaired) electrons. The molecule has 1 fully saturated rings. The lowest BCUT2D eigenvalue weighted by molar-refractivity contribution is -0.0449. The second kappa shape index (κ2) is 3.43. The van der Waals surface area contributed by atoms with Crippen LogP contribution in [0.2, 0.25) is 0 Å². The highest BCUT2D eigenvalue weighted by atomic mass is 32.2. The number of hydrogen-bond acceptors (Lipinski definition) is 3. The minimum absolute atomic E-state index is 0.0304. The van der Waals surface area contributed by atoms with E-state index >= 15 is 0 Å². The summed E-state index contributed by atoms with van der Waals surface area (Å²) in [6.07, 6.45) is 0. The van der Waals surface area contributed by atoms with Gasteiger partial charge in [-0.05, 0) is 5.92 Å². The molecule has 1 aliphatic heterocycles. The number of halogens is 3. The molecule has 0 aromatic rings. The van der Waals surface area contributed by atoms with Gasteiger partial charge < -0.3 is 5.32 Å². The Kier molecular flexibility index (Phi) is 2.83. The van der Waals surface area contributed by atoms with Gasteiger partial charge in [0.05, 0.1) is 0 Å². The van der Waals surface area contributed by atoms with E-state index in [-0.39, 0.29) is 12.5 Å². The maximum absolute atomic E-state index is 11.7. The highest BCUT2D eigenvalue weighted by molar-refractivity contribution is 7.90. The maximum Gasteiger partial charge on any atom is 0.511 e. The van der Waals surface area contributed by atoms with Gasteiger partial charge in [0.2, 0.25) is 0 Å². The van der Waals surface area contributed by atoms with Crippen molar-refractivity contribution >= 4 is 10.0 Å². The van der Waals surface area contributed by atoms with E-state index in [1.807, 2.05) is 0 Å². The Labute approximate surface area is 73.6 Å². The average molecular weight is 218 g/mol. The minimum atomic E-state index is -5.20. The van der Waals surface area contributed by atoms with Crippen molar-refractivity contribution in [2.75, 3.05) is 19.6 Å². The Morgan fingerprint density at radius 1 is 1.38 bits per heavy atom. The van der Waals surface area contributed by atoms with Gasteiger partial charge in [0, 0.05) is 19.6 Å². The van der Waals surface area contributed by atoms with Gasteiger partial charge in [-0.2, -0.15) is 13.2 Å². The Balaban J connectivity index is 2.42. The molecule has 0 atom stereocenters. The third-order valence-electron chi connectivity index (χ3n) is 1.73. The van der Waals surface area contributed by atoms with Crippen molar-refractivity contribution in [1.82, 2.24) is 10.0 Å². The molecule has 4 nitrogen and oxygen atoms in total. The van der Waals surface area contributed by atoms with Crippen molar-refractivity contribution in [3.05, 3.63) is 0 Å². The van der Waals surface area contributed by atoms with Crippen LogP contribution in [0.1, 0.15) is 0 Å². The van der Waals surface area contributed by atoms with Gasteiger partial charge in [-0.1, -0.05) is 0 Å². The summed E-state index contributed by atoms with van der Waals surface area (Å²) in [4.78, 5) is 0. The molecule has 1 heterocycles. The van der Waals surface area contributed by atoms with Gasteiger partial charge in [-0.3, -0.25) is 0 Å². The Bertz CT molecular complexity index is 270. The van der Waals surface area contributed by atoms with Gasteiger partial charge in [0.15, 0.2) is 0 Å². The largest absolute Gasteiger partial charge is 0.511 e. The van der Waals surface area contributed by atoms with Crippen LogP contribution in [-0.2, 0) is 10.0 Å². The SMILES string of the molecule is O=S(=O)(NCC1CNC1)C(F)(F)F. The molecule has 0 aromatic heterocycles. The molecule has 13 heavy (non-hydrogen) atoms. The summed E-state index contributed by atoms with van der Waals surface area (Å²) in [7, 11) is -5.15. The van der Waals surface area contributed by atoms with Gasteiger partial charge in [-0.15, -0.1) is 0 Å². The van der Waals surface area contributed by atoms with Gasteiger partial charge in [-0.25, -0.2) is 13.1 Å². The van der Waals surface area contributed by atoms with E-state index in [1.54, 1.807) is 0 Å². The lowest BCUT2D eigenvalue weighted by atomic mass is 10.1. The molecule has 0 aromatic carbocycles. The van der Waals surface area contributed by atoms with Crippen molar-refractivity contribution in [2.45, 2.75) is 5.51 Å². The van der Waals surface area contributed by atoms with E-state index in [1.165, 1.54) is 4.72 Å². The van der Waals surface area contributed by atoms with E-state index in [0.29, 0.717) is 13.1 Å². The van der Waals surface area contributed by atoms with Crippen LogP contribution in [0.15, 0.2) is 0 Å². The monoisotopic (exact) mass is 218 g/mol. The molecule has 0 aliphatic carbocycles. The molecule has 0 spiro atoms. The van der Waals surface area contributed by atoms with E-state index in [9.17, 15) is 21.6 Å². The van der Waals surface area contributed by atoms with Crippen LogP contribution in [0.5, 0.6) is 0 Å². The summed E-state index contributed by atoms with van der Waals surface area (Å²) in [6.45, 7) is 0.954. The summed E-state index contributed by atoms with van der Waals surface area (Å²) in [5.74, 6) is -0.0304. The second-order valence-corrected chi connectivity index (χ2v) is 4.58. The molecule has 1 aliphatic rings. The number of sulfonamides is 1. The fraction of sp³-hybridized carbons (Fsp3) is 1.00. The molecule has 2 N–H and O–H groups in total. The molecular formula is C5H9F3N2O2S. The molecule has 0 bridgehead atoms. The smallest absolute Gasteiger partial charge is 0.316 e. The molecule has 1 saturated heterocycles. The topological polar surface area (TPSA) is 58.2 Å². The summed E-state index contributed by atoms with van der Waals surface area (Å²) in [5, 5.41) is 2.82. The van der Waals surface area contributed by atoms with Crippen LogP contribution in [0.25, 0.3) is 0 Å². The van der Waals surface area contributed by atoms with Crippen molar-refractivity contribution < 1.29 is 21.6 Å². The summed E-state index contributed by atoms with van der Waals surface area (Å²) < 4.78 is 57.6. The normalized spacial score (nSPS) is 19.9. The summed E-state index contributed by atoms with van der Waals surface area (Å²) in [6, 6.07) is 0. The van der Waals surface area contributed by atoms with E-state index in [2.05, 4.69) is 5.32 Å². The predicted molar refractivity (Wildman–Crippen MR) is 39.3 cm³/mol. The van der Waals surface area contributed by atoms with Crippen LogP contribution < -0.4 is 10.0 Å². The van der Waals surface area contributed by atoms with Crippen LogP contribution in [-0.4, -0.2) is 33.6 Å². The molecule has 1 rings (SSSR count). The first kappa shape index (κ1) is 10.7. The van der Waals surface area contributed by atoms with E-state index in [4.69, 9.17) is 0 Å². The van der Waals surface area contributed by atoms with Crippen molar-refractivity contribution in [1.29, 1.82) is 0 Å². The molecule has 0 amide bonds. The van der Waals surface area contributed by atoms with Gasteiger partial charge >= 0.3 is 15.5 Å². The summed E-state index contributed by atoms with van der Waals surface area (Å²) >= 11 is 0. The third-order valence-corrected chi connectivity index (χ3v) is 2.89.